The van der Waals surface area contributed by atoms with Gasteiger partial charge in [-0.15, -0.1) is 0 Å². The maximum atomic E-state index is 4.68. The first kappa shape index (κ1) is 16.3. The van der Waals surface area contributed by atoms with Crippen LogP contribution in [0.2, 0.25) is 0 Å². The topological polar surface area (TPSA) is 12.9 Å². The van der Waals surface area contributed by atoms with Crippen molar-refractivity contribution < 1.29 is 0 Å². The molecule has 0 radical (unpaired) electrons. The van der Waals surface area contributed by atoms with Crippen LogP contribution < -0.4 is 0 Å². The molecule has 4 aromatic rings. The summed E-state index contributed by atoms with van der Waals surface area (Å²) in [5, 5.41) is 1.32. The second kappa shape index (κ2) is 6.29. The van der Waals surface area contributed by atoms with E-state index in [1.54, 1.807) is 0 Å². The van der Waals surface area contributed by atoms with E-state index in [1.807, 2.05) is 6.07 Å². The van der Waals surface area contributed by atoms with Crippen LogP contribution in [0, 0.1) is 0 Å². The van der Waals surface area contributed by atoms with Gasteiger partial charge in [0.25, 0.3) is 0 Å². The van der Waals surface area contributed by atoms with Crippen LogP contribution in [0.5, 0.6) is 0 Å². The van der Waals surface area contributed by atoms with Crippen LogP contribution in [0.3, 0.4) is 0 Å². The zero-order valence-corrected chi connectivity index (χ0v) is 16.5. The van der Waals surface area contributed by atoms with Crippen LogP contribution in [0.25, 0.3) is 30.9 Å². The second-order valence-electron chi connectivity index (χ2n) is 7.41. The van der Waals surface area contributed by atoms with Crippen LogP contribution in [0.4, 0.5) is 0 Å². The quantitative estimate of drug-likeness (QED) is 0.387. The molecule has 0 N–H and O–H groups in total. The molecular weight excluding hydrogens is 369 g/mol. The van der Waals surface area contributed by atoms with E-state index in [9.17, 15) is 0 Å². The molecule has 2 heterocycles. The van der Waals surface area contributed by atoms with Gasteiger partial charge in [-0.2, -0.15) is 0 Å². The Morgan fingerprint density at radius 3 is 2.20 bits per heavy atom. The van der Waals surface area contributed by atoms with E-state index >= 15 is 0 Å². The molecule has 0 saturated carbocycles. The third-order valence-corrected chi connectivity index (χ3v) is 6.89. The van der Waals surface area contributed by atoms with Gasteiger partial charge in [-0.3, -0.25) is 0 Å². The molecule has 0 bridgehead atoms. The summed E-state index contributed by atoms with van der Waals surface area (Å²) in [5.74, 6) is 0. The van der Waals surface area contributed by atoms with Gasteiger partial charge in [0.2, 0.25) is 0 Å². The van der Waals surface area contributed by atoms with Crippen molar-refractivity contribution in [1.29, 1.82) is 0 Å². The van der Waals surface area contributed by atoms with Gasteiger partial charge in [0.1, 0.15) is 0 Å². The molecule has 0 aliphatic rings. The third kappa shape index (κ3) is 3.33. The van der Waals surface area contributed by atoms with Crippen molar-refractivity contribution in [1.82, 2.24) is 4.98 Å². The summed E-state index contributed by atoms with van der Waals surface area (Å²) in [6, 6.07) is 24.0. The van der Waals surface area contributed by atoms with Crippen molar-refractivity contribution >= 4 is 24.1 Å². The van der Waals surface area contributed by atoms with Gasteiger partial charge in [0, 0.05) is 0 Å². The van der Waals surface area contributed by atoms with Crippen LogP contribution in [-0.4, -0.2) is 19.5 Å². The monoisotopic (exact) mass is 391 g/mol. The Morgan fingerprint density at radius 1 is 0.800 bits per heavy atom. The molecule has 124 valence electrons. The van der Waals surface area contributed by atoms with Gasteiger partial charge in [0.15, 0.2) is 0 Å². The zero-order valence-electron chi connectivity index (χ0n) is 14.8. The molecule has 2 aromatic carbocycles. The van der Waals surface area contributed by atoms with Crippen molar-refractivity contribution in [2.24, 2.45) is 0 Å². The van der Waals surface area contributed by atoms with Crippen LogP contribution >= 0.6 is 0 Å². The van der Waals surface area contributed by atoms with Crippen molar-refractivity contribution in [2.75, 3.05) is 0 Å². The maximum absolute atomic E-state index is 4.68. The van der Waals surface area contributed by atoms with E-state index < -0.39 is 0 Å². The first-order valence-corrected chi connectivity index (χ1v) is 10.3. The normalized spacial score (nSPS) is 11.8. The average Bonchev–Trinajstić information content (AvgIpc) is 3.05. The van der Waals surface area contributed by atoms with Gasteiger partial charge < -0.3 is 0 Å². The van der Waals surface area contributed by atoms with Gasteiger partial charge in [-0.05, 0) is 0 Å². The summed E-state index contributed by atoms with van der Waals surface area (Å²) in [7, 11) is 0. The van der Waals surface area contributed by atoms with Crippen LogP contribution in [0.1, 0.15) is 26.3 Å². The average molecular weight is 390 g/mol. The summed E-state index contributed by atoms with van der Waals surface area (Å²) in [6.07, 6.45) is 2.06. The first-order valence-electron chi connectivity index (χ1n) is 8.57. The molecule has 0 amide bonds. The Morgan fingerprint density at radius 2 is 1.52 bits per heavy atom. The first-order chi connectivity index (χ1) is 12.0. The number of hydrogen-bond donors (Lipinski definition) is 0. The van der Waals surface area contributed by atoms with Crippen molar-refractivity contribution in [3.05, 3.63) is 78.5 Å². The van der Waals surface area contributed by atoms with Crippen LogP contribution in [0.15, 0.2) is 72.9 Å². The van der Waals surface area contributed by atoms with Crippen molar-refractivity contribution in [2.45, 2.75) is 26.2 Å². The summed E-state index contributed by atoms with van der Waals surface area (Å²) in [5.41, 5.74) is 5.15. The molecule has 0 saturated heterocycles. The Balaban J connectivity index is 1.72. The minimum atomic E-state index is 0.200. The van der Waals surface area contributed by atoms with Crippen molar-refractivity contribution in [3.8, 4) is 21.3 Å². The number of fused-ring (bicyclic) bond motifs is 1. The summed E-state index contributed by atoms with van der Waals surface area (Å²) in [6.45, 7) is 6.77. The molecule has 1 nitrogen and oxygen atoms in total. The summed E-state index contributed by atoms with van der Waals surface area (Å²) >= 11 is 0.334. The predicted molar refractivity (Wildman–Crippen MR) is 108 cm³/mol. The molecule has 0 fully saturated rings. The standard InChI is InChI=1S/C23H21NSe/c1-23(2,3)19-11-9-17(10-12-19)21-14-18-13-20(24-15-22(18)25-21)16-7-5-4-6-8-16/h4-15H,1-3H3. The predicted octanol–water partition coefficient (Wildman–Crippen LogP) is 5.92. The fourth-order valence-electron chi connectivity index (χ4n) is 2.99. The molecule has 0 unspecified atom stereocenters. The summed E-state index contributed by atoms with van der Waals surface area (Å²) in [4.78, 5) is 4.68. The van der Waals surface area contributed by atoms with E-state index in [2.05, 4.69) is 92.6 Å². The molecule has 0 aliphatic heterocycles. The number of hydrogen-bond acceptors (Lipinski definition) is 1. The number of aromatic nitrogens is 1. The van der Waals surface area contributed by atoms with Gasteiger partial charge in [-0.25, -0.2) is 0 Å². The molecule has 2 heteroatoms. The number of rotatable bonds is 2. The van der Waals surface area contributed by atoms with Gasteiger partial charge >= 0.3 is 155 Å². The fourth-order valence-corrected chi connectivity index (χ4v) is 5.12. The Labute approximate surface area is 155 Å². The molecule has 0 spiro atoms. The van der Waals surface area contributed by atoms with E-state index in [0.717, 1.165) is 5.69 Å². The minimum absolute atomic E-state index is 0.200. The van der Waals surface area contributed by atoms with E-state index in [0.29, 0.717) is 14.5 Å². The zero-order chi connectivity index (χ0) is 17.4. The van der Waals surface area contributed by atoms with Crippen LogP contribution in [-0.2, 0) is 5.41 Å². The molecule has 4 rings (SSSR count). The SMILES string of the molecule is CC(C)(C)c1ccc(-c2cc3cc(-c4ccccc4)ncc3[se]2)cc1. The number of pyridine rings is 1. The van der Waals surface area contributed by atoms with E-state index in [4.69, 9.17) is 0 Å². The summed E-state index contributed by atoms with van der Waals surface area (Å²) < 4.78 is 2.82. The molecule has 0 aliphatic carbocycles. The van der Waals surface area contributed by atoms with Gasteiger partial charge in [0.05, 0.1) is 0 Å². The van der Waals surface area contributed by atoms with Crippen molar-refractivity contribution in [3.63, 3.8) is 0 Å². The molecule has 0 atom stereocenters. The molecule has 25 heavy (non-hydrogen) atoms. The Bertz CT molecular complexity index is 1010. The van der Waals surface area contributed by atoms with E-state index in [1.165, 1.54) is 30.8 Å². The number of benzene rings is 2. The third-order valence-electron chi connectivity index (χ3n) is 4.51. The molecule has 2 aromatic heterocycles. The Kier molecular flexibility index (Phi) is 4.11. The number of nitrogens with zero attached hydrogens (tertiary/aromatic N) is 1. The fraction of sp³-hybridized carbons (Fsp3) is 0.174. The second-order valence-corrected chi connectivity index (χ2v) is 9.69. The molecular formula is C23H21NSe. The van der Waals surface area contributed by atoms with E-state index in [-0.39, 0.29) is 5.41 Å². The Hall–Kier alpha value is -2.15. The van der Waals surface area contributed by atoms with Gasteiger partial charge in [-0.1, -0.05) is 0 Å².